The first-order chi connectivity index (χ1) is 4.88. The fourth-order valence-electron chi connectivity index (χ4n) is 0. The summed E-state index contributed by atoms with van der Waals surface area (Å²) in [5, 5.41) is 17.8. The molecular formula is C4H6O6S. The summed E-state index contributed by atoms with van der Waals surface area (Å²) in [4.78, 5) is 17.8. The van der Waals surface area contributed by atoms with Gasteiger partial charge in [0.1, 0.15) is 0 Å². The fourth-order valence-corrected chi connectivity index (χ4v) is 0. The Balaban J connectivity index is -0.0000000886. The maximum absolute atomic E-state index is 8.89. The summed E-state index contributed by atoms with van der Waals surface area (Å²) in [6.07, 6.45) is 0. The van der Waals surface area contributed by atoms with Crippen LogP contribution in [0.1, 0.15) is 13.8 Å². The van der Waals surface area contributed by atoms with Gasteiger partial charge in [-0.1, -0.05) is 0 Å². The molecule has 0 amide bonds. The van der Waals surface area contributed by atoms with Gasteiger partial charge >= 0.3 is 20.0 Å². The van der Waals surface area contributed by atoms with Crippen LogP contribution in [0.3, 0.4) is 0 Å². The Labute approximate surface area is 66.4 Å². The van der Waals surface area contributed by atoms with Gasteiger partial charge in [-0.3, -0.25) is 0 Å². The van der Waals surface area contributed by atoms with Gasteiger partial charge in [0.15, 0.2) is 0 Å². The topological polar surface area (TPSA) is 114 Å². The molecule has 0 atom stereocenters. The Morgan fingerprint density at radius 1 is 1.00 bits per heavy atom. The first-order valence-electron chi connectivity index (χ1n) is 2.15. The van der Waals surface area contributed by atoms with E-state index in [4.69, 9.17) is 28.2 Å². The molecular weight excluding hydrogens is 176 g/mol. The zero-order valence-electron chi connectivity index (χ0n) is 5.86. The van der Waals surface area contributed by atoms with Gasteiger partial charge in [0.05, 0.1) is 0 Å². The molecule has 6 nitrogen and oxygen atoms in total. The molecule has 0 bridgehead atoms. The maximum atomic E-state index is 8.89. The number of hydrogen-bond acceptors (Lipinski definition) is 6. The van der Waals surface area contributed by atoms with Crippen molar-refractivity contribution in [1.82, 2.24) is 0 Å². The van der Waals surface area contributed by atoms with Crippen molar-refractivity contribution in [2.45, 2.75) is 13.8 Å². The summed E-state index contributed by atoms with van der Waals surface area (Å²) in [6, 6.07) is 0. The second-order valence-electron chi connectivity index (χ2n) is 1.05. The Hall–Kier alpha value is -1.11. The Morgan fingerprint density at radius 2 is 1.00 bits per heavy atom. The van der Waals surface area contributed by atoms with Crippen molar-refractivity contribution < 1.29 is 28.2 Å². The number of hydrogen-bond donors (Lipinski definition) is 0. The minimum atomic E-state index is -1.08. The molecule has 0 spiro atoms. The van der Waals surface area contributed by atoms with Crippen LogP contribution < -0.4 is 10.2 Å². The quantitative estimate of drug-likeness (QED) is 0.401. The summed E-state index contributed by atoms with van der Waals surface area (Å²) in [7, 11) is 0. The normalized spacial score (nSPS) is 5.27. The molecule has 0 aromatic heterocycles. The SMILES string of the molecule is CC(=O)[O-].CC(=O)[O-].O=[S+2]=O. The molecule has 0 aromatic rings. The van der Waals surface area contributed by atoms with Crippen LogP contribution >= 0.6 is 0 Å². The van der Waals surface area contributed by atoms with Gasteiger partial charge < -0.3 is 19.8 Å². The van der Waals surface area contributed by atoms with Gasteiger partial charge in [0, 0.05) is 11.9 Å². The van der Waals surface area contributed by atoms with Crippen molar-refractivity contribution in [3.8, 4) is 0 Å². The van der Waals surface area contributed by atoms with Gasteiger partial charge in [0.25, 0.3) is 0 Å². The summed E-state index contributed by atoms with van der Waals surface area (Å²) in [5.74, 6) is -2.17. The van der Waals surface area contributed by atoms with Crippen LogP contribution in [-0.2, 0) is 29.6 Å². The first-order valence-corrected chi connectivity index (χ1v) is 2.82. The van der Waals surface area contributed by atoms with Gasteiger partial charge in [0.2, 0.25) is 0 Å². The minimum absolute atomic E-state index is 0.750. The molecule has 0 N–H and O–H groups in total. The summed E-state index contributed by atoms with van der Waals surface area (Å²) in [5.41, 5.74) is 0. The van der Waals surface area contributed by atoms with Gasteiger partial charge in [-0.05, 0) is 13.8 Å². The predicted octanol–water partition coefficient (Wildman–Crippen LogP) is -2.73. The van der Waals surface area contributed by atoms with E-state index in [1.807, 2.05) is 0 Å². The van der Waals surface area contributed by atoms with E-state index in [2.05, 4.69) is 0 Å². The van der Waals surface area contributed by atoms with E-state index in [9.17, 15) is 0 Å². The molecule has 7 heteroatoms. The number of carbonyl (C=O) groups is 2. The van der Waals surface area contributed by atoms with E-state index in [1.54, 1.807) is 0 Å². The summed E-state index contributed by atoms with van der Waals surface area (Å²) < 4.78 is 16.6. The van der Waals surface area contributed by atoms with Crippen LogP contribution in [0.2, 0.25) is 0 Å². The summed E-state index contributed by atoms with van der Waals surface area (Å²) >= 11 is -0.750. The van der Waals surface area contributed by atoms with Gasteiger partial charge in [-0.2, -0.15) is 0 Å². The molecule has 0 fully saturated rings. The van der Waals surface area contributed by atoms with Crippen LogP contribution in [0, 0.1) is 0 Å². The van der Waals surface area contributed by atoms with Crippen LogP contribution in [-0.4, -0.2) is 11.9 Å². The number of carboxylic acids is 2. The molecule has 0 saturated heterocycles. The van der Waals surface area contributed by atoms with Gasteiger partial charge in [-0.25, -0.2) is 0 Å². The second-order valence-corrected chi connectivity index (χ2v) is 1.19. The van der Waals surface area contributed by atoms with E-state index in [0.717, 1.165) is 13.8 Å². The van der Waals surface area contributed by atoms with Gasteiger partial charge in [-0.15, -0.1) is 0 Å². The zero-order valence-corrected chi connectivity index (χ0v) is 6.67. The van der Waals surface area contributed by atoms with Crippen molar-refractivity contribution in [3.05, 3.63) is 0 Å². The third kappa shape index (κ3) is 343. The summed E-state index contributed by atoms with van der Waals surface area (Å²) in [6.45, 7) is 1.94. The molecule has 0 aliphatic carbocycles. The third-order valence-corrected chi connectivity index (χ3v) is 0. The number of rotatable bonds is 0. The van der Waals surface area contributed by atoms with Crippen molar-refractivity contribution >= 4 is 23.5 Å². The van der Waals surface area contributed by atoms with Crippen molar-refractivity contribution in [2.24, 2.45) is 0 Å². The predicted molar refractivity (Wildman–Crippen MR) is 30.1 cm³/mol. The van der Waals surface area contributed by atoms with Crippen molar-refractivity contribution in [2.75, 3.05) is 0 Å². The van der Waals surface area contributed by atoms with E-state index in [1.165, 1.54) is 0 Å². The average Bonchev–Trinajstić information content (AvgIpc) is 1.60. The standard InChI is InChI=1S/2C2H4O2.O2S/c2*1-2(3)4;1-3-2/h2*1H3,(H,3,4);/q;;+2/p-2. The third-order valence-electron chi connectivity index (χ3n) is 0. The molecule has 0 saturated carbocycles. The van der Waals surface area contributed by atoms with Crippen LogP contribution in [0.4, 0.5) is 0 Å². The van der Waals surface area contributed by atoms with Crippen LogP contribution in [0.15, 0.2) is 0 Å². The molecule has 0 radical (unpaired) electrons. The van der Waals surface area contributed by atoms with Crippen LogP contribution in [0.25, 0.3) is 0 Å². The molecule has 0 aliphatic rings. The number of carbonyl (C=O) groups excluding carboxylic acids is 2. The molecule has 0 aliphatic heterocycles. The van der Waals surface area contributed by atoms with Crippen molar-refractivity contribution in [3.63, 3.8) is 0 Å². The molecule has 0 rings (SSSR count). The monoisotopic (exact) mass is 182 g/mol. The van der Waals surface area contributed by atoms with E-state index < -0.39 is 23.5 Å². The zero-order chi connectivity index (χ0) is 9.86. The van der Waals surface area contributed by atoms with Crippen LogP contribution in [0.5, 0.6) is 0 Å². The molecule has 0 aromatic carbocycles. The van der Waals surface area contributed by atoms with E-state index >= 15 is 0 Å². The van der Waals surface area contributed by atoms with E-state index in [0.29, 0.717) is 0 Å². The Kier molecular flexibility index (Phi) is 23.9. The number of aliphatic carboxylic acids is 2. The average molecular weight is 182 g/mol. The fraction of sp³-hybridized carbons (Fsp3) is 0.500. The first kappa shape index (κ1) is 16.5. The second kappa shape index (κ2) is 16.0. The molecule has 64 valence electrons. The van der Waals surface area contributed by atoms with E-state index in [-0.39, 0.29) is 0 Å². The Morgan fingerprint density at radius 3 is 1.00 bits per heavy atom. The molecule has 0 unspecified atom stereocenters. The van der Waals surface area contributed by atoms with Crippen molar-refractivity contribution in [1.29, 1.82) is 0 Å². The Bertz CT molecular complexity index is 127. The molecule has 11 heavy (non-hydrogen) atoms. The molecule has 0 heterocycles. The number of carboxylic acid groups (broad SMARTS) is 2.